The molecule has 0 bridgehead atoms. The van der Waals surface area contributed by atoms with Gasteiger partial charge in [0.05, 0.1) is 43.3 Å². The second-order valence-electron chi connectivity index (χ2n) is 14.3. The number of amides is 3. The number of urea groups is 1. The molecule has 0 unspecified atom stereocenters. The highest BCUT2D eigenvalue weighted by molar-refractivity contribution is 8.00. The van der Waals surface area contributed by atoms with Gasteiger partial charge in [-0.15, -0.1) is 5.10 Å². The van der Waals surface area contributed by atoms with Crippen LogP contribution in [-0.2, 0) is 23.6 Å². The topological polar surface area (TPSA) is 182 Å². The van der Waals surface area contributed by atoms with E-state index < -0.39 is 24.4 Å². The zero-order valence-electron chi connectivity index (χ0n) is 31.0. The average molecular weight is 737 g/mol. The maximum absolute atomic E-state index is 12.2. The van der Waals surface area contributed by atoms with Crippen LogP contribution < -0.4 is 32.3 Å². The fourth-order valence-corrected chi connectivity index (χ4v) is 7.67. The molecule has 2 aliphatic rings. The van der Waals surface area contributed by atoms with Gasteiger partial charge in [-0.25, -0.2) is 4.79 Å². The molecule has 0 saturated carbocycles. The standard InChI is InChI=1S/C37H53BN6O7S/c1-24-30-20-25(10-12-29(30)34(39)44-43-24)31-21-26(38-50-36(2,3)37(4,5)51-38)11-13-32(31)49-19-18-48-17-16-47-15-14-41-33(45)9-7-6-8-28-22-27(23-52-28)42-35(40)46/h10-13,20-21,27-28H,6-9,14-19,22-23H2,1-5H3,(H2,39,44)(H,41,45)(H3,40,42,46)/t27-,28+/m1/s1. The van der Waals surface area contributed by atoms with Crippen molar-refractivity contribution in [1.82, 2.24) is 20.8 Å². The number of thioether (sulfide) groups is 1. The molecule has 5 rings (SSSR count). The van der Waals surface area contributed by atoms with Gasteiger partial charge in [0.2, 0.25) is 5.91 Å². The van der Waals surface area contributed by atoms with Crippen molar-refractivity contribution < 1.29 is 33.1 Å². The van der Waals surface area contributed by atoms with E-state index in [-0.39, 0.29) is 11.9 Å². The molecule has 6 N–H and O–H groups in total. The number of carbonyl (C=O) groups excluding carboxylic acids is 2. The monoisotopic (exact) mass is 736 g/mol. The second-order valence-corrected chi connectivity index (χ2v) is 15.7. The molecule has 3 heterocycles. The molecule has 2 fully saturated rings. The summed E-state index contributed by atoms with van der Waals surface area (Å²) in [6.07, 6.45) is 4.29. The Morgan fingerprint density at radius 3 is 2.44 bits per heavy atom. The molecule has 3 amide bonds. The highest BCUT2D eigenvalue weighted by Gasteiger charge is 2.51. The lowest BCUT2D eigenvalue weighted by Crippen LogP contribution is -2.41. The summed E-state index contributed by atoms with van der Waals surface area (Å²) in [6, 6.07) is 11.7. The van der Waals surface area contributed by atoms with Gasteiger partial charge in [0.15, 0.2) is 5.82 Å². The van der Waals surface area contributed by atoms with Gasteiger partial charge in [-0.2, -0.15) is 16.9 Å². The number of aryl methyl sites for hydroxylation is 1. The van der Waals surface area contributed by atoms with Crippen LogP contribution in [-0.4, -0.2) is 97.1 Å². The third-order valence-corrected chi connectivity index (χ3v) is 11.4. The molecule has 0 radical (unpaired) electrons. The van der Waals surface area contributed by atoms with Gasteiger partial charge >= 0.3 is 13.1 Å². The number of hydrogen-bond acceptors (Lipinski definition) is 11. The maximum Gasteiger partial charge on any atom is 0.494 e. The first kappa shape index (κ1) is 39.6. The number of anilines is 1. The molecule has 2 saturated heterocycles. The van der Waals surface area contributed by atoms with E-state index in [1.54, 1.807) is 0 Å². The molecule has 0 aliphatic carbocycles. The number of fused-ring (bicyclic) bond motifs is 1. The summed E-state index contributed by atoms with van der Waals surface area (Å²) in [5, 5.41) is 16.2. The van der Waals surface area contributed by atoms with Crippen molar-refractivity contribution >= 4 is 52.9 Å². The number of nitrogen functional groups attached to an aromatic ring is 1. The quantitative estimate of drug-likeness (QED) is 0.109. The normalized spacial score (nSPS) is 19.2. The van der Waals surface area contributed by atoms with Crippen LogP contribution in [0.5, 0.6) is 5.75 Å². The largest absolute Gasteiger partial charge is 0.494 e. The predicted molar refractivity (Wildman–Crippen MR) is 206 cm³/mol. The number of ether oxygens (including phenoxy) is 3. The van der Waals surface area contributed by atoms with Crippen molar-refractivity contribution in [1.29, 1.82) is 0 Å². The van der Waals surface area contributed by atoms with Gasteiger partial charge < -0.3 is 45.6 Å². The minimum absolute atomic E-state index is 0.0318. The summed E-state index contributed by atoms with van der Waals surface area (Å²) < 4.78 is 30.3. The number of aromatic nitrogens is 2. The fraction of sp³-hybridized carbons (Fsp3) is 0.568. The third kappa shape index (κ3) is 10.5. The Kier molecular flexibility index (Phi) is 13.6. The third-order valence-electron chi connectivity index (χ3n) is 9.87. The first-order valence-electron chi connectivity index (χ1n) is 18.1. The number of primary amides is 1. The Morgan fingerprint density at radius 2 is 1.69 bits per heavy atom. The molecule has 2 atom stereocenters. The molecule has 282 valence electrons. The van der Waals surface area contributed by atoms with Crippen LogP contribution in [0, 0.1) is 6.92 Å². The lowest BCUT2D eigenvalue weighted by atomic mass is 9.77. The predicted octanol–water partition coefficient (Wildman–Crippen LogP) is 4.12. The molecule has 1 aromatic heterocycles. The molecule has 3 aromatic rings. The minimum Gasteiger partial charge on any atom is -0.491 e. The van der Waals surface area contributed by atoms with E-state index in [9.17, 15) is 9.59 Å². The van der Waals surface area contributed by atoms with Crippen LogP contribution in [0.25, 0.3) is 21.9 Å². The summed E-state index contributed by atoms with van der Waals surface area (Å²) in [5.74, 6) is 2.02. The van der Waals surface area contributed by atoms with Crippen molar-refractivity contribution in [3.05, 3.63) is 42.1 Å². The van der Waals surface area contributed by atoms with Crippen molar-refractivity contribution in [2.24, 2.45) is 5.73 Å². The van der Waals surface area contributed by atoms with Gasteiger partial charge in [-0.05, 0) is 83.1 Å². The summed E-state index contributed by atoms with van der Waals surface area (Å²) >= 11 is 1.86. The Bertz CT molecular complexity index is 1680. The number of carbonyl (C=O) groups is 2. The Hall–Kier alpha value is -3.63. The Morgan fingerprint density at radius 1 is 0.962 bits per heavy atom. The van der Waals surface area contributed by atoms with Gasteiger partial charge in [0.25, 0.3) is 0 Å². The summed E-state index contributed by atoms with van der Waals surface area (Å²) in [7, 11) is -0.520. The molecule has 0 spiro atoms. The van der Waals surface area contributed by atoms with E-state index in [0.717, 1.165) is 64.5 Å². The van der Waals surface area contributed by atoms with Gasteiger partial charge in [-0.3, -0.25) is 4.79 Å². The summed E-state index contributed by atoms with van der Waals surface area (Å²) in [4.78, 5) is 23.2. The van der Waals surface area contributed by atoms with E-state index in [2.05, 4.69) is 33.0 Å². The molecule has 2 aliphatic heterocycles. The number of benzene rings is 2. The van der Waals surface area contributed by atoms with E-state index in [1.807, 2.05) is 70.6 Å². The van der Waals surface area contributed by atoms with Crippen LogP contribution in [0.1, 0.15) is 65.5 Å². The number of rotatable bonds is 18. The molecular formula is C37H53BN6O7S. The van der Waals surface area contributed by atoms with Crippen LogP contribution in [0.2, 0.25) is 0 Å². The van der Waals surface area contributed by atoms with Crippen molar-refractivity contribution in [2.45, 2.75) is 89.2 Å². The lowest BCUT2D eigenvalue weighted by molar-refractivity contribution is -0.121. The van der Waals surface area contributed by atoms with Gasteiger partial charge in [-0.1, -0.05) is 24.6 Å². The van der Waals surface area contributed by atoms with E-state index in [0.29, 0.717) is 62.8 Å². The van der Waals surface area contributed by atoms with Crippen molar-refractivity contribution in [3.63, 3.8) is 0 Å². The Balaban J connectivity index is 1.03. The van der Waals surface area contributed by atoms with Crippen LogP contribution in [0.3, 0.4) is 0 Å². The van der Waals surface area contributed by atoms with Crippen molar-refractivity contribution in [3.8, 4) is 16.9 Å². The van der Waals surface area contributed by atoms with E-state index >= 15 is 0 Å². The fourth-order valence-electron chi connectivity index (χ4n) is 6.25. The number of hydrogen-bond donors (Lipinski definition) is 4. The highest BCUT2D eigenvalue weighted by Crippen LogP contribution is 2.38. The van der Waals surface area contributed by atoms with Crippen molar-refractivity contribution in [2.75, 3.05) is 51.1 Å². The zero-order valence-corrected chi connectivity index (χ0v) is 31.8. The minimum atomic E-state index is -0.520. The zero-order chi connectivity index (χ0) is 37.3. The summed E-state index contributed by atoms with van der Waals surface area (Å²) in [6.45, 7) is 12.5. The van der Waals surface area contributed by atoms with E-state index in [1.165, 1.54) is 0 Å². The second kappa shape index (κ2) is 17.9. The lowest BCUT2D eigenvalue weighted by Gasteiger charge is -2.32. The van der Waals surface area contributed by atoms with E-state index in [4.69, 9.17) is 35.0 Å². The number of nitrogens with two attached hydrogens (primary N) is 2. The first-order valence-corrected chi connectivity index (χ1v) is 19.1. The smallest absolute Gasteiger partial charge is 0.491 e. The number of nitrogens with one attached hydrogen (secondary N) is 2. The summed E-state index contributed by atoms with van der Waals surface area (Å²) in [5.41, 5.74) is 13.9. The highest BCUT2D eigenvalue weighted by atomic mass is 32.2. The Labute approximate surface area is 311 Å². The average Bonchev–Trinajstić information content (AvgIpc) is 3.63. The number of nitrogens with zero attached hydrogens (tertiary/aromatic N) is 2. The van der Waals surface area contributed by atoms with Gasteiger partial charge in [0, 0.05) is 46.3 Å². The number of unbranched alkanes of at least 4 members (excludes halogenated alkanes) is 1. The first-order chi connectivity index (χ1) is 24.8. The van der Waals surface area contributed by atoms with Gasteiger partial charge in [0.1, 0.15) is 12.4 Å². The molecule has 13 nitrogen and oxygen atoms in total. The van der Waals surface area contributed by atoms with Crippen LogP contribution >= 0.6 is 11.8 Å². The molecule has 2 aromatic carbocycles. The molecule has 15 heteroatoms. The maximum atomic E-state index is 12.2. The SMILES string of the molecule is Cc1nnc(N)c2ccc(-c3cc(B4OC(C)(C)C(C)(C)O4)ccc3OCCOCCOCCNC(=O)CCCC[C@H]3C[C@@H](NC(N)=O)CS3)cc12. The molecular weight excluding hydrogens is 683 g/mol. The van der Waals surface area contributed by atoms with Crippen LogP contribution in [0.4, 0.5) is 10.6 Å². The molecule has 52 heavy (non-hydrogen) atoms. The van der Waals surface area contributed by atoms with Crippen LogP contribution in [0.15, 0.2) is 36.4 Å².